The van der Waals surface area contributed by atoms with E-state index in [-0.39, 0.29) is 0 Å². The number of hydrogen-bond acceptors (Lipinski definition) is 6. The largest absolute Gasteiger partial charge is 0.341 e. The zero-order valence-corrected chi connectivity index (χ0v) is 14.6. The van der Waals surface area contributed by atoms with Crippen molar-refractivity contribution in [3.05, 3.63) is 29.9 Å². The first-order valence-corrected chi connectivity index (χ1v) is 9.04. The van der Waals surface area contributed by atoms with E-state index in [4.69, 9.17) is 0 Å². The molecule has 0 atom stereocenters. The van der Waals surface area contributed by atoms with Gasteiger partial charge in [0.1, 0.15) is 11.6 Å². The first-order chi connectivity index (χ1) is 12.2. The zero-order chi connectivity index (χ0) is 17.2. The van der Waals surface area contributed by atoms with Crippen molar-refractivity contribution in [1.29, 1.82) is 0 Å². The van der Waals surface area contributed by atoms with Gasteiger partial charge in [-0.15, -0.1) is 10.2 Å². The van der Waals surface area contributed by atoms with E-state index in [1.165, 1.54) is 25.2 Å². The maximum absolute atomic E-state index is 13.0. The van der Waals surface area contributed by atoms with E-state index in [9.17, 15) is 4.39 Å². The highest BCUT2D eigenvalue weighted by Crippen LogP contribution is 2.28. The van der Waals surface area contributed by atoms with Crippen LogP contribution in [0.25, 0.3) is 0 Å². The van der Waals surface area contributed by atoms with Crippen molar-refractivity contribution in [2.75, 3.05) is 31.1 Å². The Morgan fingerprint density at radius 2 is 1.72 bits per heavy atom. The Morgan fingerprint density at radius 1 is 1.04 bits per heavy atom. The number of aromatic nitrogens is 5. The van der Waals surface area contributed by atoms with Crippen LogP contribution >= 0.6 is 0 Å². The van der Waals surface area contributed by atoms with Crippen LogP contribution in [0, 0.1) is 5.82 Å². The van der Waals surface area contributed by atoms with Crippen LogP contribution in [0.1, 0.15) is 43.3 Å². The summed E-state index contributed by atoms with van der Waals surface area (Å²) in [6.07, 6.45) is 6.99. The predicted molar refractivity (Wildman–Crippen MR) is 91.7 cm³/mol. The summed E-state index contributed by atoms with van der Waals surface area (Å²) < 4.78 is 15.1. The Labute approximate surface area is 146 Å². The highest BCUT2D eigenvalue weighted by atomic mass is 19.1. The fourth-order valence-corrected chi connectivity index (χ4v) is 3.82. The van der Waals surface area contributed by atoms with Crippen molar-refractivity contribution in [2.24, 2.45) is 7.05 Å². The van der Waals surface area contributed by atoms with Crippen LogP contribution in [0.4, 0.5) is 10.3 Å². The quantitative estimate of drug-likeness (QED) is 0.841. The average Bonchev–Trinajstić information content (AvgIpc) is 3.27. The van der Waals surface area contributed by atoms with E-state index in [1.54, 1.807) is 0 Å². The Kier molecular flexibility index (Phi) is 4.61. The van der Waals surface area contributed by atoms with E-state index in [0.717, 1.165) is 57.2 Å². The topological polar surface area (TPSA) is 63.0 Å². The predicted octanol–water partition coefficient (Wildman–Crippen LogP) is 1.72. The van der Waals surface area contributed by atoms with E-state index in [0.29, 0.717) is 11.9 Å². The van der Waals surface area contributed by atoms with Crippen LogP contribution in [0.5, 0.6) is 0 Å². The summed E-state index contributed by atoms with van der Waals surface area (Å²) in [5, 5.41) is 8.91. The van der Waals surface area contributed by atoms with Crippen LogP contribution < -0.4 is 4.90 Å². The standard InChI is InChI=1S/C17H24FN7/c1-23-15(12-24-6-2-3-7-24)21-22-16(23)13-4-8-25(9-5-13)17-19-10-14(18)11-20-17/h10-11,13H,2-9,12H2,1H3. The molecule has 2 saturated heterocycles. The van der Waals surface area contributed by atoms with Gasteiger partial charge in [0, 0.05) is 26.1 Å². The van der Waals surface area contributed by atoms with Crippen molar-refractivity contribution in [1.82, 2.24) is 29.6 Å². The van der Waals surface area contributed by atoms with Crippen molar-refractivity contribution in [3.8, 4) is 0 Å². The fraction of sp³-hybridized carbons (Fsp3) is 0.647. The van der Waals surface area contributed by atoms with Crippen LogP contribution in [-0.2, 0) is 13.6 Å². The highest BCUT2D eigenvalue weighted by molar-refractivity contribution is 5.30. The van der Waals surface area contributed by atoms with Gasteiger partial charge >= 0.3 is 0 Å². The van der Waals surface area contributed by atoms with Gasteiger partial charge in [0.25, 0.3) is 0 Å². The molecule has 134 valence electrons. The van der Waals surface area contributed by atoms with Gasteiger partial charge in [-0.3, -0.25) is 4.90 Å². The molecular weight excluding hydrogens is 321 g/mol. The lowest BCUT2D eigenvalue weighted by Crippen LogP contribution is -2.34. The normalized spacial score (nSPS) is 19.7. The smallest absolute Gasteiger partial charge is 0.225 e. The second-order valence-corrected chi connectivity index (χ2v) is 6.98. The van der Waals surface area contributed by atoms with Crippen molar-refractivity contribution in [3.63, 3.8) is 0 Å². The van der Waals surface area contributed by atoms with Gasteiger partial charge in [0.15, 0.2) is 5.82 Å². The third-order valence-corrected chi connectivity index (χ3v) is 5.31. The van der Waals surface area contributed by atoms with Gasteiger partial charge < -0.3 is 9.47 Å². The molecule has 2 aromatic rings. The van der Waals surface area contributed by atoms with Crippen molar-refractivity contribution in [2.45, 2.75) is 38.1 Å². The molecule has 0 unspecified atom stereocenters. The molecule has 8 heteroatoms. The Balaban J connectivity index is 1.39. The monoisotopic (exact) mass is 345 g/mol. The Morgan fingerprint density at radius 3 is 2.40 bits per heavy atom. The average molecular weight is 345 g/mol. The van der Waals surface area contributed by atoms with E-state index in [1.807, 2.05) is 0 Å². The summed E-state index contributed by atoms with van der Waals surface area (Å²) in [5.41, 5.74) is 0. The molecule has 7 nitrogen and oxygen atoms in total. The molecule has 0 spiro atoms. The first-order valence-electron chi connectivity index (χ1n) is 9.04. The third kappa shape index (κ3) is 3.49. The SMILES string of the molecule is Cn1c(CN2CCCC2)nnc1C1CCN(c2ncc(F)cn2)CC1. The number of rotatable bonds is 4. The molecular formula is C17H24FN7. The molecule has 0 N–H and O–H groups in total. The molecule has 4 rings (SSSR count). The zero-order valence-electron chi connectivity index (χ0n) is 14.6. The second-order valence-electron chi connectivity index (χ2n) is 6.98. The van der Waals surface area contributed by atoms with Gasteiger partial charge in [0.2, 0.25) is 5.95 Å². The van der Waals surface area contributed by atoms with Crippen molar-refractivity contribution < 1.29 is 4.39 Å². The van der Waals surface area contributed by atoms with Crippen LogP contribution in [0.3, 0.4) is 0 Å². The van der Waals surface area contributed by atoms with Crippen molar-refractivity contribution >= 4 is 5.95 Å². The molecule has 0 aliphatic carbocycles. The summed E-state index contributed by atoms with van der Waals surface area (Å²) in [6, 6.07) is 0. The minimum Gasteiger partial charge on any atom is -0.341 e. The molecule has 25 heavy (non-hydrogen) atoms. The number of hydrogen-bond donors (Lipinski definition) is 0. The molecule has 2 aliphatic rings. The summed E-state index contributed by atoms with van der Waals surface area (Å²) >= 11 is 0. The molecule has 2 fully saturated rings. The lowest BCUT2D eigenvalue weighted by molar-refractivity contribution is 0.317. The van der Waals surface area contributed by atoms with Gasteiger partial charge in [0.05, 0.1) is 18.9 Å². The van der Waals surface area contributed by atoms with E-state index >= 15 is 0 Å². The lowest BCUT2D eigenvalue weighted by atomic mass is 9.96. The lowest BCUT2D eigenvalue weighted by Gasteiger charge is -2.31. The van der Waals surface area contributed by atoms with Gasteiger partial charge in [-0.05, 0) is 38.8 Å². The van der Waals surface area contributed by atoms with Gasteiger partial charge in [-0.1, -0.05) is 0 Å². The summed E-state index contributed by atoms with van der Waals surface area (Å²) in [6.45, 7) is 4.93. The maximum atomic E-state index is 13.0. The maximum Gasteiger partial charge on any atom is 0.225 e. The minimum atomic E-state index is -0.400. The second kappa shape index (κ2) is 7.03. The molecule has 0 amide bonds. The van der Waals surface area contributed by atoms with Gasteiger partial charge in [-0.25, -0.2) is 14.4 Å². The number of nitrogens with zero attached hydrogens (tertiary/aromatic N) is 7. The molecule has 0 aromatic carbocycles. The number of halogens is 1. The van der Waals surface area contributed by atoms with Crippen LogP contribution in [0.2, 0.25) is 0 Å². The third-order valence-electron chi connectivity index (χ3n) is 5.31. The van der Waals surface area contributed by atoms with E-state index in [2.05, 4.69) is 41.6 Å². The molecule has 4 heterocycles. The Hall–Kier alpha value is -2.09. The number of anilines is 1. The molecule has 0 radical (unpaired) electrons. The molecule has 0 bridgehead atoms. The number of piperidine rings is 1. The first kappa shape index (κ1) is 16.4. The number of likely N-dealkylation sites (tertiary alicyclic amines) is 1. The molecule has 2 aromatic heterocycles. The Bertz CT molecular complexity index is 700. The molecule has 2 aliphatic heterocycles. The van der Waals surface area contributed by atoms with E-state index < -0.39 is 5.82 Å². The minimum absolute atomic E-state index is 0.400. The highest BCUT2D eigenvalue weighted by Gasteiger charge is 2.26. The molecule has 0 saturated carbocycles. The summed E-state index contributed by atoms with van der Waals surface area (Å²) in [4.78, 5) is 12.7. The summed E-state index contributed by atoms with van der Waals surface area (Å²) in [7, 11) is 2.08. The van der Waals surface area contributed by atoms with Crippen LogP contribution in [-0.4, -0.2) is 55.8 Å². The van der Waals surface area contributed by atoms with Crippen LogP contribution in [0.15, 0.2) is 12.4 Å². The summed E-state index contributed by atoms with van der Waals surface area (Å²) in [5.74, 6) is 2.74. The van der Waals surface area contributed by atoms with Gasteiger partial charge in [-0.2, -0.15) is 0 Å². The fourth-order valence-electron chi connectivity index (χ4n) is 3.82.